The minimum atomic E-state index is -3.22. The first-order valence-corrected chi connectivity index (χ1v) is 11.4. The molecule has 0 spiro atoms. The van der Waals surface area contributed by atoms with Crippen LogP contribution in [0.2, 0.25) is 0 Å². The summed E-state index contributed by atoms with van der Waals surface area (Å²) in [5, 5.41) is 7.45. The van der Waals surface area contributed by atoms with Crippen molar-refractivity contribution in [3.05, 3.63) is 76.5 Å². The number of sulfone groups is 1. The van der Waals surface area contributed by atoms with Crippen molar-refractivity contribution in [2.24, 2.45) is 0 Å². The lowest BCUT2D eigenvalue weighted by Gasteiger charge is -2.12. The normalized spacial score (nSPS) is 14.6. The Hall–Kier alpha value is -2.93. The second-order valence-corrected chi connectivity index (χ2v) is 9.58. The molecule has 0 atom stereocenters. The van der Waals surface area contributed by atoms with E-state index in [1.54, 1.807) is 4.68 Å². The lowest BCUT2D eigenvalue weighted by molar-refractivity contribution is -0.116. The van der Waals surface area contributed by atoms with Gasteiger partial charge in [-0.1, -0.05) is 36.4 Å². The van der Waals surface area contributed by atoms with Gasteiger partial charge in [-0.2, -0.15) is 5.10 Å². The number of benzene rings is 2. The summed E-state index contributed by atoms with van der Waals surface area (Å²) in [7, 11) is -3.22. The van der Waals surface area contributed by atoms with Crippen molar-refractivity contribution in [2.75, 3.05) is 5.32 Å². The number of nitrogens with one attached hydrogen (secondary N) is 1. The number of hydrogen-bond acceptors (Lipinski definition) is 4. The highest BCUT2D eigenvalue weighted by molar-refractivity contribution is 7.90. The van der Waals surface area contributed by atoms with Gasteiger partial charge in [0.15, 0.2) is 9.84 Å². The van der Waals surface area contributed by atoms with Crippen LogP contribution in [0.1, 0.15) is 34.4 Å². The van der Waals surface area contributed by atoms with Gasteiger partial charge < -0.3 is 5.32 Å². The van der Waals surface area contributed by atoms with Crippen LogP contribution in [0.3, 0.4) is 0 Å². The standard InChI is InChI=1S/C22H23N3O3S/c1-15-8-10-18(12-16(15)2)25-22(19-13-29(27,28)14-20(19)24-25)23-21(26)11-9-17-6-4-3-5-7-17/h3-8,10,12H,9,11,13-14H2,1-2H3,(H,23,26). The van der Waals surface area contributed by atoms with Crippen molar-refractivity contribution in [3.63, 3.8) is 0 Å². The van der Waals surface area contributed by atoms with Crippen molar-refractivity contribution >= 4 is 21.6 Å². The molecule has 0 unspecified atom stereocenters. The molecular weight excluding hydrogens is 386 g/mol. The fourth-order valence-electron chi connectivity index (χ4n) is 3.51. The Kier molecular flexibility index (Phi) is 5.00. The molecule has 7 heteroatoms. The van der Waals surface area contributed by atoms with Crippen molar-refractivity contribution in [2.45, 2.75) is 38.2 Å². The van der Waals surface area contributed by atoms with Crippen LogP contribution in [-0.4, -0.2) is 24.1 Å². The van der Waals surface area contributed by atoms with Crippen molar-refractivity contribution in [3.8, 4) is 5.69 Å². The Morgan fingerprint density at radius 3 is 2.55 bits per heavy atom. The molecule has 3 aromatic rings. The summed E-state index contributed by atoms with van der Waals surface area (Å²) >= 11 is 0. The molecule has 2 heterocycles. The van der Waals surface area contributed by atoms with E-state index in [0.29, 0.717) is 29.9 Å². The number of carbonyl (C=O) groups is 1. The summed E-state index contributed by atoms with van der Waals surface area (Å²) in [6, 6.07) is 15.7. The van der Waals surface area contributed by atoms with Crippen molar-refractivity contribution in [1.29, 1.82) is 0 Å². The second-order valence-electron chi connectivity index (χ2n) is 7.52. The molecule has 0 radical (unpaired) electrons. The van der Waals surface area contributed by atoms with E-state index >= 15 is 0 Å². The van der Waals surface area contributed by atoms with Crippen molar-refractivity contribution < 1.29 is 13.2 Å². The molecule has 1 aliphatic rings. The molecule has 0 fully saturated rings. The maximum Gasteiger partial charge on any atom is 0.225 e. The third kappa shape index (κ3) is 4.10. The van der Waals surface area contributed by atoms with Gasteiger partial charge >= 0.3 is 0 Å². The van der Waals surface area contributed by atoms with Gasteiger partial charge in [0, 0.05) is 12.0 Å². The first kappa shape index (κ1) is 19.4. The summed E-state index contributed by atoms with van der Waals surface area (Å²) in [6.45, 7) is 4.04. The van der Waals surface area contributed by atoms with Gasteiger partial charge in [-0.25, -0.2) is 13.1 Å². The van der Waals surface area contributed by atoms with E-state index < -0.39 is 9.84 Å². The van der Waals surface area contributed by atoms with Gasteiger partial charge in [-0.05, 0) is 49.1 Å². The van der Waals surface area contributed by atoms with Crippen LogP contribution >= 0.6 is 0 Å². The lowest BCUT2D eigenvalue weighted by atomic mass is 10.1. The molecule has 1 amide bonds. The zero-order valence-corrected chi connectivity index (χ0v) is 17.3. The van der Waals surface area contributed by atoms with Crippen LogP contribution in [0.15, 0.2) is 48.5 Å². The third-order valence-electron chi connectivity index (χ3n) is 5.26. The van der Waals surface area contributed by atoms with Gasteiger partial charge in [-0.15, -0.1) is 0 Å². The van der Waals surface area contributed by atoms with Crippen LogP contribution in [0.4, 0.5) is 5.82 Å². The van der Waals surface area contributed by atoms with Gasteiger partial charge in [0.05, 0.1) is 22.9 Å². The Bertz CT molecular complexity index is 1180. The fraction of sp³-hybridized carbons (Fsp3) is 0.273. The maximum absolute atomic E-state index is 12.6. The van der Waals surface area contributed by atoms with Gasteiger partial charge in [0.2, 0.25) is 5.91 Å². The smallest absolute Gasteiger partial charge is 0.225 e. The third-order valence-corrected chi connectivity index (χ3v) is 6.71. The molecule has 150 valence electrons. The van der Waals surface area contributed by atoms with Crippen LogP contribution in [0, 0.1) is 13.8 Å². The zero-order chi connectivity index (χ0) is 20.6. The average Bonchev–Trinajstić information content (AvgIpc) is 3.16. The van der Waals surface area contributed by atoms with E-state index in [1.165, 1.54) is 0 Å². The number of anilines is 1. The zero-order valence-electron chi connectivity index (χ0n) is 16.5. The summed E-state index contributed by atoms with van der Waals surface area (Å²) in [5.41, 5.74) is 5.26. The molecule has 0 bridgehead atoms. The average molecular weight is 410 g/mol. The molecule has 4 rings (SSSR count). The first-order valence-electron chi connectivity index (χ1n) is 9.55. The predicted octanol–water partition coefficient (Wildman–Crippen LogP) is 3.49. The molecule has 1 aliphatic heterocycles. The highest BCUT2D eigenvalue weighted by Crippen LogP contribution is 2.33. The molecule has 0 saturated carbocycles. The number of aryl methyl sites for hydroxylation is 3. The topological polar surface area (TPSA) is 81.1 Å². The van der Waals surface area contributed by atoms with Gasteiger partial charge in [-0.3, -0.25) is 4.79 Å². The Labute approximate surface area is 170 Å². The van der Waals surface area contributed by atoms with E-state index in [9.17, 15) is 13.2 Å². The highest BCUT2D eigenvalue weighted by atomic mass is 32.2. The number of rotatable bonds is 5. The number of amides is 1. The van der Waals surface area contributed by atoms with E-state index in [2.05, 4.69) is 10.4 Å². The summed E-state index contributed by atoms with van der Waals surface area (Å²) in [6.07, 6.45) is 0.925. The molecule has 1 N–H and O–H groups in total. The first-order chi connectivity index (χ1) is 13.8. The number of aromatic nitrogens is 2. The minimum Gasteiger partial charge on any atom is -0.310 e. The molecule has 2 aromatic carbocycles. The van der Waals surface area contributed by atoms with Crippen LogP contribution in [0.25, 0.3) is 5.69 Å². The Balaban J connectivity index is 1.64. The quantitative estimate of drug-likeness (QED) is 0.699. The Morgan fingerprint density at radius 2 is 1.83 bits per heavy atom. The molecule has 0 aliphatic carbocycles. The van der Waals surface area contributed by atoms with Crippen molar-refractivity contribution in [1.82, 2.24) is 9.78 Å². The van der Waals surface area contributed by atoms with E-state index in [1.807, 2.05) is 62.4 Å². The van der Waals surface area contributed by atoms with Gasteiger partial charge in [0.25, 0.3) is 0 Å². The summed E-state index contributed by atoms with van der Waals surface area (Å²) in [4.78, 5) is 12.6. The number of carbonyl (C=O) groups excluding carboxylic acids is 1. The monoisotopic (exact) mass is 409 g/mol. The van der Waals surface area contributed by atoms with Gasteiger partial charge in [0.1, 0.15) is 5.82 Å². The highest BCUT2D eigenvalue weighted by Gasteiger charge is 2.33. The Morgan fingerprint density at radius 1 is 1.07 bits per heavy atom. The molecular formula is C22H23N3O3S. The molecule has 29 heavy (non-hydrogen) atoms. The predicted molar refractivity (Wildman–Crippen MR) is 113 cm³/mol. The van der Waals surface area contributed by atoms with Crippen LogP contribution < -0.4 is 5.32 Å². The summed E-state index contributed by atoms with van der Waals surface area (Å²) in [5.74, 6) is 0.113. The fourth-order valence-corrected chi connectivity index (χ4v) is 5.01. The maximum atomic E-state index is 12.6. The molecule has 0 saturated heterocycles. The largest absolute Gasteiger partial charge is 0.310 e. The second kappa shape index (κ2) is 7.48. The minimum absolute atomic E-state index is 0.0902. The van der Waals surface area contributed by atoms with E-state index in [4.69, 9.17) is 0 Å². The number of nitrogens with zero attached hydrogens (tertiary/aromatic N) is 2. The molecule has 6 nitrogen and oxygen atoms in total. The number of fused-ring (bicyclic) bond motifs is 1. The molecule has 1 aromatic heterocycles. The number of hydrogen-bond donors (Lipinski definition) is 1. The van der Waals surface area contributed by atoms with Crippen LogP contribution in [-0.2, 0) is 32.6 Å². The van der Waals surface area contributed by atoms with Crippen LogP contribution in [0.5, 0.6) is 0 Å². The van der Waals surface area contributed by atoms with E-state index in [0.717, 1.165) is 22.4 Å². The lowest BCUT2D eigenvalue weighted by Crippen LogP contribution is -2.17. The SMILES string of the molecule is Cc1ccc(-n2nc3c(c2NC(=O)CCc2ccccc2)CS(=O)(=O)C3)cc1C. The summed E-state index contributed by atoms with van der Waals surface area (Å²) < 4.78 is 25.8. The van der Waals surface area contributed by atoms with E-state index in [-0.39, 0.29) is 17.4 Å².